The van der Waals surface area contributed by atoms with Crippen LogP contribution < -0.4 is 5.32 Å². The maximum atomic E-state index is 13.6. The molecule has 0 atom stereocenters. The van der Waals surface area contributed by atoms with Gasteiger partial charge < -0.3 is 5.32 Å². The Kier molecular flexibility index (Phi) is 5.60. The molecule has 3 rings (SSSR count). The molecular weight excluding hydrogens is 379 g/mol. The van der Waals surface area contributed by atoms with Gasteiger partial charge in [0, 0.05) is 18.8 Å². The van der Waals surface area contributed by atoms with Crippen molar-refractivity contribution in [2.75, 3.05) is 18.4 Å². The van der Waals surface area contributed by atoms with Gasteiger partial charge in [-0.1, -0.05) is 30.2 Å². The van der Waals surface area contributed by atoms with E-state index in [1.807, 2.05) is 0 Å². The van der Waals surface area contributed by atoms with Crippen molar-refractivity contribution in [3.05, 3.63) is 58.9 Å². The summed E-state index contributed by atoms with van der Waals surface area (Å²) in [5.74, 6) is -1.29. The summed E-state index contributed by atoms with van der Waals surface area (Å²) in [5.41, 5.74) is 0.218. The second kappa shape index (κ2) is 7.73. The Morgan fingerprint density at radius 1 is 1.08 bits per heavy atom. The molecule has 1 N–H and O–H groups in total. The molecule has 0 aromatic heterocycles. The summed E-state index contributed by atoms with van der Waals surface area (Å²) in [6, 6.07) is 9.89. The zero-order chi connectivity index (χ0) is 18.7. The van der Waals surface area contributed by atoms with E-state index in [1.54, 1.807) is 12.1 Å². The first-order valence-corrected chi connectivity index (χ1v) is 10.1. The van der Waals surface area contributed by atoms with Crippen LogP contribution in [0, 0.1) is 5.82 Å². The van der Waals surface area contributed by atoms with Crippen LogP contribution in [0.5, 0.6) is 0 Å². The SMILES string of the molecule is O=C(Nc1ccc(Cl)c(F)c1)c1ccccc1S(=O)(=O)N1CCCCC1. The van der Waals surface area contributed by atoms with Crippen LogP contribution in [0.1, 0.15) is 29.6 Å². The molecule has 26 heavy (non-hydrogen) atoms. The highest BCUT2D eigenvalue weighted by Crippen LogP contribution is 2.25. The summed E-state index contributed by atoms with van der Waals surface area (Å²) in [7, 11) is -3.77. The average molecular weight is 397 g/mol. The van der Waals surface area contributed by atoms with Crippen molar-refractivity contribution in [1.82, 2.24) is 4.31 Å². The van der Waals surface area contributed by atoms with Gasteiger partial charge in [0.1, 0.15) is 5.82 Å². The summed E-state index contributed by atoms with van der Waals surface area (Å²) in [6.45, 7) is 0.890. The number of halogens is 2. The van der Waals surface area contributed by atoms with E-state index in [4.69, 9.17) is 11.6 Å². The Hall–Kier alpha value is -1.96. The fourth-order valence-corrected chi connectivity index (χ4v) is 4.72. The van der Waals surface area contributed by atoms with Gasteiger partial charge in [0.15, 0.2) is 0 Å². The molecule has 138 valence electrons. The number of carbonyl (C=O) groups is 1. The molecule has 1 saturated heterocycles. The van der Waals surface area contributed by atoms with Crippen LogP contribution in [-0.4, -0.2) is 31.7 Å². The number of nitrogens with one attached hydrogen (secondary N) is 1. The number of hydrogen-bond donors (Lipinski definition) is 1. The maximum absolute atomic E-state index is 13.6. The molecule has 0 spiro atoms. The van der Waals surface area contributed by atoms with Crippen LogP contribution in [0.25, 0.3) is 0 Å². The van der Waals surface area contributed by atoms with E-state index in [-0.39, 0.29) is 21.2 Å². The highest BCUT2D eigenvalue weighted by atomic mass is 35.5. The number of anilines is 1. The maximum Gasteiger partial charge on any atom is 0.257 e. The number of nitrogens with zero attached hydrogens (tertiary/aromatic N) is 1. The topological polar surface area (TPSA) is 66.5 Å². The van der Waals surface area contributed by atoms with Crippen LogP contribution in [0.4, 0.5) is 10.1 Å². The molecule has 1 heterocycles. The molecule has 5 nitrogen and oxygen atoms in total. The van der Waals surface area contributed by atoms with Crippen LogP contribution in [0.15, 0.2) is 47.4 Å². The third-order valence-electron chi connectivity index (χ3n) is 4.24. The largest absolute Gasteiger partial charge is 0.322 e. The molecule has 0 saturated carbocycles. The van der Waals surface area contributed by atoms with Crippen molar-refractivity contribution in [1.29, 1.82) is 0 Å². The van der Waals surface area contributed by atoms with E-state index in [9.17, 15) is 17.6 Å². The number of benzene rings is 2. The standard InChI is InChI=1S/C18H18ClFN2O3S/c19-15-9-8-13(12-16(15)20)21-18(23)14-6-2-3-7-17(14)26(24,25)22-10-4-1-5-11-22/h2-3,6-9,12H,1,4-5,10-11H2,(H,21,23). The van der Waals surface area contributed by atoms with Crippen LogP contribution in [-0.2, 0) is 10.0 Å². The molecule has 1 aliphatic rings. The van der Waals surface area contributed by atoms with Crippen molar-refractivity contribution in [3.63, 3.8) is 0 Å². The lowest BCUT2D eigenvalue weighted by molar-refractivity contribution is 0.102. The predicted octanol–water partition coefficient (Wildman–Crippen LogP) is 3.91. The van der Waals surface area contributed by atoms with Gasteiger partial charge in [0.2, 0.25) is 10.0 Å². The van der Waals surface area contributed by atoms with E-state index in [0.29, 0.717) is 13.1 Å². The summed E-state index contributed by atoms with van der Waals surface area (Å²) in [6.07, 6.45) is 2.60. The lowest BCUT2D eigenvalue weighted by Crippen LogP contribution is -2.36. The van der Waals surface area contributed by atoms with E-state index in [1.165, 1.54) is 28.6 Å². The molecule has 0 unspecified atom stereocenters. The van der Waals surface area contributed by atoms with Crippen molar-refractivity contribution >= 4 is 33.2 Å². The Bertz CT molecular complexity index is 928. The minimum absolute atomic E-state index is 0.0217. The predicted molar refractivity (Wildman–Crippen MR) is 98.4 cm³/mol. The zero-order valence-electron chi connectivity index (χ0n) is 13.9. The summed E-state index contributed by atoms with van der Waals surface area (Å²) >= 11 is 5.63. The van der Waals surface area contributed by atoms with Gasteiger partial charge in [0.05, 0.1) is 15.5 Å². The second-order valence-electron chi connectivity index (χ2n) is 6.04. The molecule has 0 bridgehead atoms. The minimum atomic E-state index is -3.77. The van der Waals surface area contributed by atoms with Gasteiger partial charge in [-0.05, 0) is 43.2 Å². The van der Waals surface area contributed by atoms with E-state index in [2.05, 4.69) is 5.32 Å². The highest BCUT2D eigenvalue weighted by molar-refractivity contribution is 7.89. The van der Waals surface area contributed by atoms with E-state index in [0.717, 1.165) is 25.3 Å². The number of hydrogen-bond acceptors (Lipinski definition) is 3. The summed E-state index contributed by atoms with van der Waals surface area (Å²) in [5, 5.41) is 2.46. The van der Waals surface area contributed by atoms with E-state index < -0.39 is 21.7 Å². The fraction of sp³-hybridized carbons (Fsp3) is 0.278. The molecule has 8 heteroatoms. The Morgan fingerprint density at radius 2 is 1.77 bits per heavy atom. The van der Waals surface area contributed by atoms with Crippen LogP contribution in [0.3, 0.4) is 0 Å². The number of amides is 1. The van der Waals surface area contributed by atoms with Crippen molar-refractivity contribution in [3.8, 4) is 0 Å². The Labute approximate surface area is 156 Å². The molecular formula is C18H18ClFN2O3S. The lowest BCUT2D eigenvalue weighted by Gasteiger charge is -2.26. The first kappa shape index (κ1) is 18.8. The zero-order valence-corrected chi connectivity index (χ0v) is 15.5. The molecule has 0 radical (unpaired) electrons. The van der Waals surface area contributed by atoms with Gasteiger partial charge in [0.25, 0.3) is 5.91 Å². The Morgan fingerprint density at radius 3 is 2.46 bits per heavy atom. The van der Waals surface area contributed by atoms with Gasteiger partial charge in [-0.25, -0.2) is 12.8 Å². The highest BCUT2D eigenvalue weighted by Gasteiger charge is 2.29. The summed E-state index contributed by atoms with van der Waals surface area (Å²) < 4.78 is 40.8. The molecule has 1 aliphatic heterocycles. The van der Waals surface area contributed by atoms with Gasteiger partial charge in [-0.3, -0.25) is 4.79 Å². The average Bonchev–Trinajstić information content (AvgIpc) is 2.65. The summed E-state index contributed by atoms with van der Waals surface area (Å²) in [4.78, 5) is 12.6. The van der Waals surface area contributed by atoms with Gasteiger partial charge in [-0.2, -0.15) is 4.31 Å². The third kappa shape index (κ3) is 3.90. The number of rotatable bonds is 4. The first-order valence-electron chi connectivity index (χ1n) is 8.25. The Balaban J connectivity index is 1.91. The normalized spacial score (nSPS) is 15.6. The molecule has 2 aromatic carbocycles. The minimum Gasteiger partial charge on any atom is -0.322 e. The quantitative estimate of drug-likeness (QED) is 0.852. The lowest BCUT2D eigenvalue weighted by atomic mass is 10.2. The van der Waals surface area contributed by atoms with E-state index >= 15 is 0 Å². The number of piperidine rings is 1. The van der Waals surface area contributed by atoms with Crippen molar-refractivity contribution in [2.45, 2.75) is 24.2 Å². The first-order chi connectivity index (χ1) is 12.4. The third-order valence-corrected chi connectivity index (χ3v) is 6.51. The monoisotopic (exact) mass is 396 g/mol. The molecule has 1 fully saturated rings. The van der Waals surface area contributed by atoms with Crippen molar-refractivity contribution < 1.29 is 17.6 Å². The number of sulfonamides is 1. The van der Waals surface area contributed by atoms with Crippen molar-refractivity contribution in [2.24, 2.45) is 0 Å². The molecule has 0 aliphatic carbocycles. The fourth-order valence-electron chi connectivity index (χ4n) is 2.90. The van der Waals surface area contributed by atoms with Gasteiger partial charge >= 0.3 is 0 Å². The smallest absolute Gasteiger partial charge is 0.257 e. The van der Waals surface area contributed by atoms with Crippen LogP contribution >= 0.6 is 11.6 Å². The van der Waals surface area contributed by atoms with Crippen LogP contribution in [0.2, 0.25) is 5.02 Å². The molecule has 1 amide bonds. The van der Waals surface area contributed by atoms with Gasteiger partial charge in [-0.15, -0.1) is 0 Å². The second-order valence-corrected chi connectivity index (χ2v) is 8.36. The molecule has 2 aromatic rings. The number of carbonyl (C=O) groups excluding carboxylic acids is 1.